The smallest absolute Gasteiger partial charge is 0.0658 e. The van der Waals surface area contributed by atoms with E-state index in [0.717, 1.165) is 5.69 Å². The molecule has 1 atom stereocenters. The van der Waals surface area contributed by atoms with E-state index >= 15 is 0 Å². The zero-order valence-corrected chi connectivity index (χ0v) is 11.4. The topological polar surface area (TPSA) is 38.0 Å². The van der Waals surface area contributed by atoms with E-state index in [0.29, 0.717) is 10.7 Å². The second kappa shape index (κ2) is 4.98. The number of nitrogens with one attached hydrogen (secondary N) is 1. The Bertz CT molecular complexity index is 522. The molecule has 1 unspecified atom stereocenters. The van der Waals surface area contributed by atoms with Crippen molar-refractivity contribution in [1.29, 1.82) is 0 Å². The van der Waals surface area contributed by atoms with Gasteiger partial charge in [-0.05, 0) is 44.2 Å². The van der Waals surface area contributed by atoms with Gasteiger partial charge in [-0.2, -0.15) is 0 Å². The molecule has 2 nitrogen and oxygen atoms in total. The molecule has 2 rings (SSSR count). The van der Waals surface area contributed by atoms with Crippen LogP contribution in [0.2, 0.25) is 5.02 Å². The molecule has 0 aliphatic heterocycles. The highest BCUT2D eigenvalue weighted by Crippen LogP contribution is 2.30. The predicted octanol–water partition coefficient (Wildman–Crippen LogP) is 4.47. The highest BCUT2D eigenvalue weighted by Gasteiger charge is 2.09. The van der Waals surface area contributed by atoms with E-state index in [2.05, 4.69) is 31.3 Å². The summed E-state index contributed by atoms with van der Waals surface area (Å²) in [5.41, 5.74) is 7.26. The Hall–Kier alpha value is -1.19. The predicted molar refractivity (Wildman–Crippen MR) is 77.0 cm³/mol. The number of rotatable bonds is 3. The number of benzene rings is 1. The van der Waals surface area contributed by atoms with Gasteiger partial charge in [0.25, 0.3) is 0 Å². The maximum absolute atomic E-state index is 6.13. The van der Waals surface area contributed by atoms with Crippen LogP contribution < -0.4 is 11.1 Å². The van der Waals surface area contributed by atoms with Crippen LogP contribution in [0.1, 0.15) is 22.7 Å². The third-order valence-electron chi connectivity index (χ3n) is 2.55. The number of nitrogen functional groups attached to an aromatic ring is 1. The van der Waals surface area contributed by atoms with Crippen LogP contribution in [-0.4, -0.2) is 0 Å². The number of halogens is 1. The molecule has 0 saturated carbocycles. The molecule has 3 N–H and O–H groups in total. The molecular weight excluding hydrogens is 252 g/mol. The molecule has 1 aromatic heterocycles. The third-order valence-corrected chi connectivity index (χ3v) is 4.05. The fourth-order valence-electron chi connectivity index (χ4n) is 1.64. The van der Waals surface area contributed by atoms with E-state index in [1.807, 2.05) is 12.1 Å². The molecule has 0 amide bonds. The summed E-state index contributed by atoms with van der Waals surface area (Å²) in [5.74, 6) is 0. The second-order valence-corrected chi connectivity index (χ2v) is 5.78. The Balaban J connectivity index is 2.15. The van der Waals surface area contributed by atoms with Gasteiger partial charge in [-0.15, -0.1) is 11.3 Å². The van der Waals surface area contributed by atoms with Crippen molar-refractivity contribution in [3.63, 3.8) is 0 Å². The van der Waals surface area contributed by atoms with Gasteiger partial charge in [-0.1, -0.05) is 11.6 Å². The van der Waals surface area contributed by atoms with Gasteiger partial charge in [0.05, 0.1) is 16.8 Å². The molecule has 0 bridgehead atoms. The Morgan fingerprint density at radius 2 is 2.06 bits per heavy atom. The largest absolute Gasteiger partial charge is 0.399 e. The lowest BCUT2D eigenvalue weighted by molar-refractivity contribution is 0.908. The first kappa shape index (κ1) is 12.3. The summed E-state index contributed by atoms with van der Waals surface area (Å²) in [7, 11) is 0. The van der Waals surface area contributed by atoms with Crippen LogP contribution in [0.3, 0.4) is 0 Å². The Morgan fingerprint density at radius 1 is 1.29 bits per heavy atom. The minimum Gasteiger partial charge on any atom is -0.399 e. The van der Waals surface area contributed by atoms with E-state index < -0.39 is 0 Å². The summed E-state index contributed by atoms with van der Waals surface area (Å²) in [4.78, 5) is 2.62. The van der Waals surface area contributed by atoms with Crippen molar-refractivity contribution in [2.75, 3.05) is 11.1 Å². The van der Waals surface area contributed by atoms with Crippen LogP contribution in [0.15, 0.2) is 30.3 Å². The van der Waals surface area contributed by atoms with Crippen molar-refractivity contribution in [2.24, 2.45) is 0 Å². The van der Waals surface area contributed by atoms with Gasteiger partial charge in [-0.25, -0.2) is 0 Å². The summed E-state index contributed by atoms with van der Waals surface area (Å²) in [6.45, 7) is 4.23. The molecule has 0 aliphatic carbocycles. The normalized spacial score (nSPS) is 12.4. The molecule has 0 saturated heterocycles. The molecule has 1 aromatic carbocycles. The van der Waals surface area contributed by atoms with Crippen molar-refractivity contribution < 1.29 is 0 Å². The number of hydrogen-bond acceptors (Lipinski definition) is 3. The van der Waals surface area contributed by atoms with Gasteiger partial charge in [-0.3, -0.25) is 0 Å². The van der Waals surface area contributed by atoms with Crippen LogP contribution in [0.4, 0.5) is 11.4 Å². The van der Waals surface area contributed by atoms with Crippen molar-refractivity contribution >= 4 is 34.3 Å². The summed E-state index contributed by atoms with van der Waals surface area (Å²) in [5, 5.41) is 4.05. The number of nitrogens with two attached hydrogens (primary N) is 1. The van der Waals surface area contributed by atoms with Crippen molar-refractivity contribution in [3.8, 4) is 0 Å². The molecule has 4 heteroatoms. The first-order chi connectivity index (χ1) is 8.06. The van der Waals surface area contributed by atoms with Crippen LogP contribution in [0.5, 0.6) is 0 Å². The summed E-state index contributed by atoms with van der Waals surface area (Å²) in [6.07, 6.45) is 0. The lowest BCUT2D eigenvalue weighted by Crippen LogP contribution is -2.05. The average molecular weight is 267 g/mol. The number of aryl methyl sites for hydroxylation is 1. The van der Waals surface area contributed by atoms with Crippen molar-refractivity contribution in [3.05, 3.63) is 45.1 Å². The number of hydrogen-bond donors (Lipinski definition) is 2. The fourth-order valence-corrected chi connectivity index (χ4v) is 2.76. The molecule has 0 spiro atoms. The number of anilines is 2. The van der Waals surface area contributed by atoms with Crippen molar-refractivity contribution in [1.82, 2.24) is 0 Å². The van der Waals surface area contributed by atoms with E-state index in [9.17, 15) is 0 Å². The maximum atomic E-state index is 6.13. The van der Waals surface area contributed by atoms with Gasteiger partial charge < -0.3 is 11.1 Å². The summed E-state index contributed by atoms with van der Waals surface area (Å²) in [6, 6.07) is 10.0. The van der Waals surface area contributed by atoms with Gasteiger partial charge >= 0.3 is 0 Å². The standard InChI is InChI=1S/C13H15ClN2S/c1-8-3-6-13(17-8)9(2)16-12-5-4-10(15)7-11(12)14/h3-7,9,16H,15H2,1-2H3. The molecule has 1 heterocycles. The maximum Gasteiger partial charge on any atom is 0.0658 e. The average Bonchev–Trinajstić information content (AvgIpc) is 2.69. The van der Waals surface area contributed by atoms with Gasteiger partial charge in [0.2, 0.25) is 0 Å². The van der Waals surface area contributed by atoms with Crippen LogP contribution in [0.25, 0.3) is 0 Å². The van der Waals surface area contributed by atoms with E-state index in [1.165, 1.54) is 9.75 Å². The van der Waals surface area contributed by atoms with Crippen LogP contribution in [-0.2, 0) is 0 Å². The monoisotopic (exact) mass is 266 g/mol. The van der Waals surface area contributed by atoms with Crippen LogP contribution in [0, 0.1) is 6.92 Å². The summed E-state index contributed by atoms with van der Waals surface area (Å²) < 4.78 is 0. The fraction of sp³-hybridized carbons (Fsp3) is 0.231. The first-order valence-electron chi connectivity index (χ1n) is 5.44. The Kier molecular flexibility index (Phi) is 3.60. The molecular formula is C13H15ClN2S. The molecule has 90 valence electrons. The van der Waals surface area contributed by atoms with E-state index in [-0.39, 0.29) is 6.04 Å². The Labute approximate surface area is 110 Å². The van der Waals surface area contributed by atoms with E-state index in [4.69, 9.17) is 17.3 Å². The van der Waals surface area contributed by atoms with E-state index in [1.54, 1.807) is 17.4 Å². The van der Waals surface area contributed by atoms with Gasteiger partial charge in [0, 0.05) is 15.4 Å². The lowest BCUT2D eigenvalue weighted by atomic mass is 10.2. The second-order valence-electron chi connectivity index (χ2n) is 4.05. The SMILES string of the molecule is Cc1ccc(C(C)Nc2ccc(N)cc2Cl)s1. The molecule has 17 heavy (non-hydrogen) atoms. The Morgan fingerprint density at radius 3 is 2.65 bits per heavy atom. The van der Waals surface area contributed by atoms with Gasteiger partial charge in [0.15, 0.2) is 0 Å². The van der Waals surface area contributed by atoms with Crippen LogP contribution >= 0.6 is 22.9 Å². The molecule has 2 aromatic rings. The lowest BCUT2D eigenvalue weighted by Gasteiger charge is -2.15. The van der Waals surface area contributed by atoms with Crippen molar-refractivity contribution in [2.45, 2.75) is 19.9 Å². The minimum atomic E-state index is 0.245. The zero-order valence-electron chi connectivity index (χ0n) is 9.83. The highest BCUT2D eigenvalue weighted by atomic mass is 35.5. The van der Waals surface area contributed by atoms with Gasteiger partial charge in [0.1, 0.15) is 0 Å². The summed E-state index contributed by atoms with van der Waals surface area (Å²) >= 11 is 7.92. The molecule has 0 aliphatic rings. The quantitative estimate of drug-likeness (QED) is 0.805. The molecule has 0 fully saturated rings. The molecule has 0 radical (unpaired) electrons. The minimum absolute atomic E-state index is 0.245. The highest BCUT2D eigenvalue weighted by molar-refractivity contribution is 7.12. The third kappa shape index (κ3) is 2.93. The first-order valence-corrected chi connectivity index (χ1v) is 6.63. The zero-order chi connectivity index (χ0) is 12.4. The number of thiophene rings is 1.